The Morgan fingerprint density at radius 1 is 1.40 bits per heavy atom. The van der Waals surface area contributed by atoms with Crippen molar-refractivity contribution in [2.24, 2.45) is 0 Å². The maximum atomic E-state index is 11.8. The lowest BCUT2D eigenvalue weighted by atomic mass is 10.3. The number of alkyl halides is 2. The van der Waals surface area contributed by atoms with E-state index in [-0.39, 0.29) is 5.91 Å². The summed E-state index contributed by atoms with van der Waals surface area (Å²) in [4.78, 5) is 13.2. The fraction of sp³-hybridized carbons (Fsp3) is 0.200. The predicted molar refractivity (Wildman–Crippen MR) is 66.1 cm³/mol. The van der Waals surface area contributed by atoms with Crippen molar-refractivity contribution in [2.45, 2.75) is 3.23 Å². The standard InChI is InChI=1S/C10H8Br2N2O/c1-14(8-5-3-2-4-6-8)9(15)10(11,12)7-13/h2-6H,1H3. The van der Waals surface area contributed by atoms with Gasteiger partial charge >= 0.3 is 0 Å². The summed E-state index contributed by atoms with van der Waals surface area (Å²) in [6, 6.07) is 10.9. The molecule has 1 aromatic carbocycles. The summed E-state index contributed by atoms with van der Waals surface area (Å²) >= 11 is 6.02. The van der Waals surface area contributed by atoms with Gasteiger partial charge in [0.05, 0.1) is 0 Å². The molecule has 1 amide bonds. The van der Waals surface area contributed by atoms with Crippen LogP contribution in [0.3, 0.4) is 0 Å². The van der Waals surface area contributed by atoms with Crippen LogP contribution >= 0.6 is 31.9 Å². The second-order valence-corrected chi connectivity index (χ2v) is 6.33. The van der Waals surface area contributed by atoms with Crippen LogP contribution in [0, 0.1) is 11.3 Å². The summed E-state index contributed by atoms with van der Waals surface area (Å²) in [6.07, 6.45) is 0. The molecule has 0 unspecified atom stereocenters. The third-order valence-corrected chi connectivity index (χ3v) is 2.89. The largest absolute Gasteiger partial charge is 0.313 e. The number of halogens is 2. The third-order valence-electron chi connectivity index (χ3n) is 1.86. The quantitative estimate of drug-likeness (QED) is 0.782. The fourth-order valence-corrected chi connectivity index (χ4v) is 1.56. The highest BCUT2D eigenvalue weighted by Gasteiger charge is 2.35. The Hall–Kier alpha value is -0.860. The first kappa shape index (κ1) is 12.2. The summed E-state index contributed by atoms with van der Waals surface area (Å²) < 4.78 is -1.36. The van der Waals surface area contributed by atoms with Crippen molar-refractivity contribution < 1.29 is 4.79 Å². The van der Waals surface area contributed by atoms with Crippen molar-refractivity contribution >= 4 is 43.5 Å². The Balaban J connectivity index is 2.93. The molecule has 3 nitrogen and oxygen atoms in total. The molecule has 0 fully saturated rings. The Morgan fingerprint density at radius 2 is 1.93 bits per heavy atom. The molecule has 0 aliphatic rings. The first-order valence-electron chi connectivity index (χ1n) is 4.11. The van der Waals surface area contributed by atoms with Crippen LogP contribution < -0.4 is 4.90 Å². The van der Waals surface area contributed by atoms with Gasteiger partial charge in [0.2, 0.25) is 3.23 Å². The molecule has 0 aliphatic carbocycles. The van der Waals surface area contributed by atoms with Crippen molar-refractivity contribution in [1.29, 1.82) is 5.26 Å². The second kappa shape index (κ2) is 4.77. The summed E-state index contributed by atoms with van der Waals surface area (Å²) in [5, 5.41) is 8.77. The lowest BCUT2D eigenvalue weighted by molar-refractivity contribution is -0.117. The van der Waals surface area contributed by atoms with E-state index in [1.807, 2.05) is 24.3 Å². The number of hydrogen-bond donors (Lipinski definition) is 0. The molecule has 0 aliphatic heterocycles. The monoisotopic (exact) mass is 330 g/mol. The number of para-hydroxylation sites is 1. The molecule has 15 heavy (non-hydrogen) atoms. The molecule has 0 N–H and O–H groups in total. The SMILES string of the molecule is CN(C(=O)C(Br)(Br)C#N)c1ccccc1. The average molecular weight is 332 g/mol. The molecule has 0 saturated carbocycles. The number of amides is 1. The first-order valence-corrected chi connectivity index (χ1v) is 5.70. The molecule has 0 bridgehead atoms. The van der Waals surface area contributed by atoms with Gasteiger partial charge in [-0.3, -0.25) is 4.79 Å². The number of anilines is 1. The van der Waals surface area contributed by atoms with Crippen LogP contribution in [0.2, 0.25) is 0 Å². The van der Waals surface area contributed by atoms with Crippen LogP contribution in [0.4, 0.5) is 5.69 Å². The van der Waals surface area contributed by atoms with E-state index < -0.39 is 3.23 Å². The normalized spacial score (nSPS) is 10.5. The zero-order valence-electron chi connectivity index (χ0n) is 7.95. The molecule has 0 aromatic heterocycles. The van der Waals surface area contributed by atoms with E-state index in [1.54, 1.807) is 19.2 Å². The number of hydrogen-bond acceptors (Lipinski definition) is 2. The van der Waals surface area contributed by atoms with Gasteiger partial charge < -0.3 is 4.90 Å². The minimum Gasteiger partial charge on any atom is -0.313 e. The van der Waals surface area contributed by atoms with E-state index >= 15 is 0 Å². The van der Waals surface area contributed by atoms with Crippen molar-refractivity contribution in [1.82, 2.24) is 0 Å². The Bertz CT molecular complexity index is 398. The number of nitrogens with zero attached hydrogens (tertiary/aromatic N) is 2. The maximum Gasteiger partial charge on any atom is 0.269 e. The van der Waals surface area contributed by atoms with E-state index in [4.69, 9.17) is 5.26 Å². The van der Waals surface area contributed by atoms with Crippen molar-refractivity contribution in [3.8, 4) is 6.07 Å². The van der Waals surface area contributed by atoms with Crippen LogP contribution in [0.15, 0.2) is 30.3 Å². The third kappa shape index (κ3) is 2.80. The first-order chi connectivity index (χ1) is 6.99. The van der Waals surface area contributed by atoms with E-state index in [0.717, 1.165) is 5.69 Å². The lowest BCUT2D eigenvalue weighted by Gasteiger charge is -2.21. The van der Waals surface area contributed by atoms with Crippen molar-refractivity contribution in [3.05, 3.63) is 30.3 Å². The molecule has 0 atom stereocenters. The fourth-order valence-electron chi connectivity index (χ4n) is 1.03. The summed E-state index contributed by atoms with van der Waals surface area (Å²) in [5.74, 6) is -0.365. The van der Waals surface area contributed by atoms with E-state index in [0.29, 0.717) is 0 Å². The minimum absolute atomic E-state index is 0.365. The van der Waals surface area contributed by atoms with Gasteiger partial charge in [0.1, 0.15) is 6.07 Å². The number of rotatable bonds is 2. The summed E-state index contributed by atoms with van der Waals surface area (Å²) in [7, 11) is 1.62. The van der Waals surface area contributed by atoms with E-state index in [1.165, 1.54) is 4.90 Å². The van der Waals surface area contributed by atoms with Crippen LogP contribution in [0.5, 0.6) is 0 Å². The Morgan fingerprint density at radius 3 is 2.40 bits per heavy atom. The molecule has 0 heterocycles. The van der Waals surface area contributed by atoms with Gasteiger partial charge in [0.25, 0.3) is 5.91 Å². The number of nitriles is 1. The van der Waals surface area contributed by atoms with Crippen molar-refractivity contribution in [3.63, 3.8) is 0 Å². The molecule has 1 rings (SSSR count). The van der Waals surface area contributed by atoms with Gasteiger partial charge in [0, 0.05) is 12.7 Å². The Labute approximate surface area is 105 Å². The maximum absolute atomic E-state index is 11.8. The number of carbonyl (C=O) groups excluding carboxylic acids is 1. The molecular weight excluding hydrogens is 324 g/mol. The summed E-state index contributed by atoms with van der Waals surface area (Å²) in [5.41, 5.74) is 0.737. The number of benzene rings is 1. The highest BCUT2D eigenvalue weighted by atomic mass is 79.9. The van der Waals surface area contributed by atoms with Gasteiger partial charge in [-0.05, 0) is 44.0 Å². The predicted octanol–water partition coefficient (Wildman–Crippen LogP) is 2.66. The smallest absolute Gasteiger partial charge is 0.269 e. The van der Waals surface area contributed by atoms with Crippen LogP contribution in [-0.2, 0) is 4.79 Å². The van der Waals surface area contributed by atoms with Gasteiger partial charge in [-0.15, -0.1) is 0 Å². The van der Waals surface area contributed by atoms with Crippen molar-refractivity contribution in [2.75, 3.05) is 11.9 Å². The molecule has 1 aromatic rings. The molecule has 0 spiro atoms. The second-order valence-electron chi connectivity index (χ2n) is 2.89. The highest BCUT2D eigenvalue weighted by Crippen LogP contribution is 2.29. The molecule has 0 saturated heterocycles. The van der Waals surface area contributed by atoms with Crippen LogP contribution in [0.25, 0.3) is 0 Å². The zero-order chi connectivity index (χ0) is 11.5. The highest BCUT2D eigenvalue weighted by molar-refractivity contribution is 9.26. The van der Waals surface area contributed by atoms with Gasteiger partial charge in [-0.25, -0.2) is 0 Å². The zero-order valence-corrected chi connectivity index (χ0v) is 11.1. The van der Waals surface area contributed by atoms with Crippen LogP contribution in [0.1, 0.15) is 0 Å². The van der Waals surface area contributed by atoms with Gasteiger partial charge in [-0.2, -0.15) is 5.26 Å². The average Bonchev–Trinajstić information content (AvgIpc) is 2.28. The van der Waals surface area contributed by atoms with Crippen LogP contribution in [-0.4, -0.2) is 16.2 Å². The van der Waals surface area contributed by atoms with E-state index in [2.05, 4.69) is 31.9 Å². The lowest BCUT2D eigenvalue weighted by Crippen LogP contribution is -2.38. The molecular formula is C10H8Br2N2O. The molecule has 78 valence electrons. The van der Waals surface area contributed by atoms with Gasteiger partial charge in [-0.1, -0.05) is 18.2 Å². The molecule has 0 radical (unpaired) electrons. The summed E-state index contributed by atoms with van der Waals surface area (Å²) in [6.45, 7) is 0. The minimum atomic E-state index is -1.36. The topological polar surface area (TPSA) is 44.1 Å². The molecule has 5 heteroatoms. The van der Waals surface area contributed by atoms with Gasteiger partial charge in [0.15, 0.2) is 0 Å². The number of carbonyl (C=O) groups is 1. The Kier molecular flexibility index (Phi) is 3.89. The van der Waals surface area contributed by atoms with E-state index in [9.17, 15) is 4.79 Å².